The zero-order chi connectivity index (χ0) is 22.7. The van der Waals surface area contributed by atoms with Gasteiger partial charge in [0.2, 0.25) is 5.95 Å². The average molecular weight is 446 g/mol. The van der Waals surface area contributed by atoms with Crippen LogP contribution in [0.15, 0.2) is 24.4 Å². The number of aromatic nitrogens is 3. The predicted molar refractivity (Wildman–Crippen MR) is 115 cm³/mol. The largest absolute Gasteiger partial charge is 0.481 e. The van der Waals surface area contributed by atoms with Crippen molar-refractivity contribution < 1.29 is 24.6 Å². The topological polar surface area (TPSA) is 186 Å². The van der Waals surface area contributed by atoms with Crippen molar-refractivity contribution in [3.63, 3.8) is 0 Å². The molecule has 1 unspecified atom stereocenters. The Bertz CT molecular complexity index is 1140. The maximum Gasteiger partial charge on any atom is 0.326 e. The Kier molecular flexibility index (Phi) is 6.39. The van der Waals surface area contributed by atoms with Crippen LogP contribution < -0.4 is 16.8 Å². The van der Waals surface area contributed by atoms with Gasteiger partial charge in [-0.15, -0.1) is 11.3 Å². The zero-order valence-electron chi connectivity index (χ0n) is 16.6. The third kappa shape index (κ3) is 5.09. The van der Waals surface area contributed by atoms with Gasteiger partial charge in [0, 0.05) is 30.0 Å². The van der Waals surface area contributed by atoms with Crippen molar-refractivity contribution in [1.82, 2.24) is 19.9 Å². The SMILES string of the molecule is CC(Cn1ccc2nc(N)nc(N)c21)c1ccc(C(=O)N[C@H](CCC(=O)O)C(=O)O)s1. The Morgan fingerprint density at radius 3 is 2.61 bits per heavy atom. The number of carboxylic acid groups (broad SMARTS) is 2. The van der Waals surface area contributed by atoms with Crippen LogP contribution in [0.5, 0.6) is 0 Å². The molecule has 0 fully saturated rings. The van der Waals surface area contributed by atoms with Gasteiger partial charge in [-0.1, -0.05) is 6.92 Å². The van der Waals surface area contributed by atoms with E-state index >= 15 is 0 Å². The van der Waals surface area contributed by atoms with Crippen molar-refractivity contribution in [3.8, 4) is 0 Å². The van der Waals surface area contributed by atoms with Gasteiger partial charge in [-0.25, -0.2) is 9.78 Å². The van der Waals surface area contributed by atoms with Crippen LogP contribution in [0.4, 0.5) is 11.8 Å². The summed E-state index contributed by atoms with van der Waals surface area (Å²) in [4.78, 5) is 43.8. The molecule has 1 amide bonds. The number of thiophene rings is 1. The molecule has 7 N–H and O–H groups in total. The summed E-state index contributed by atoms with van der Waals surface area (Å²) >= 11 is 1.24. The van der Waals surface area contributed by atoms with Crippen LogP contribution in [0.25, 0.3) is 11.0 Å². The van der Waals surface area contributed by atoms with Crippen molar-refractivity contribution in [3.05, 3.63) is 34.2 Å². The Morgan fingerprint density at radius 1 is 1.19 bits per heavy atom. The van der Waals surface area contributed by atoms with Crippen LogP contribution in [-0.4, -0.2) is 48.6 Å². The zero-order valence-corrected chi connectivity index (χ0v) is 17.4. The molecule has 0 aromatic carbocycles. The summed E-state index contributed by atoms with van der Waals surface area (Å²) in [5, 5.41) is 20.3. The number of fused-ring (bicyclic) bond motifs is 1. The lowest BCUT2D eigenvalue weighted by Crippen LogP contribution is -2.40. The highest BCUT2D eigenvalue weighted by atomic mass is 32.1. The number of aliphatic carboxylic acids is 2. The fourth-order valence-electron chi connectivity index (χ4n) is 3.19. The minimum atomic E-state index is -1.28. The molecule has 0 aliphatic carbocycles. The molecule has 0 bridgehead atoms. The van der Waals surface area contributed by atoms with Crippen LogP contribution >= 0.6 is 11.3 Å². The van der Waals surface area contributed by atoms with Gasteiger partial charge >= 0.3 is 11.9 Å². The predicted octanol–water partition coefficient (Wildman–Crippen LogP) is 1.51. The Labute approximate surface area is 180 Å². The van der Waals surface area contributed by atoms with E-state index in [9.17, 15) is 19.5 Å². The third-order valence-corrected chi connectivity index (χ3v) is 6.03. The monoisotopic (exact) mass is 446 g/mol. The normalized spacial score (nSPS) is 13.1. The van der Waals surface area contributed by atoms with Crippen LogP contribution in [0.3, 0.4) is 0 Å². The molecule has 3 heterocycles. The number of nitrogens with zero attached hydrogens (tertiary/aromatic N) is 3. The minimum Gasteiger partial charge on any atom is -0.481 e. The second kappa shape index (κ2) is 9.00. The van der Waals surface area contributed by atoms with Crippen molar-refractivity contribution >= 4 is 52.0 Å². The highest BCUT2D eigenvalue weighted by Crippen LogP contribution is 2.29. The number of carboxylic acids is 2. The number of hydrogen-bond acceptors (Lipinski definition) is 8. The molecule has 0 saturated heterocycles. The summed E-state index contributed by atoms with van der Waals surface area (Å²) in [5.74, 6) is -2.56. The molecule has 0 saturated carbocycles. The van der Waals surface area contributed by atoms with Gasteiger partial charge in [-0.3, -0.25) is 9.59 Å². The van der Waals surface area contributed by atoms with Gasteiger partial charge in [-0.2, -0.15) is 4.98 Å². The standard InChI is InChI=1S/C19H22N6O5S/c1-9(8-25-7-6-10-15(25)16(20)24-19(21)23-10)12-3-4-13(31-12)17(28)22-11(18(29)30)2-5-14(26)27/h3-4,6-7,9,11H,2,5,8H2,1H3,(H,22,28)(H,26,27)(H,29,30)(H4,20,21,23,24)/t9?,11-/m1/s1. The summed E-state index contributed by atoms with van der Waals surface area (Å²) in [6.45, 7) is 2.54. The number of nitrogens with two attached hydrogens (primary N) is 2. The molecule has 0 spiro atoms. The fraction of sp³-hybridized carbons (Fsp3) is 0.316. The van der Waals surface area contributed by atoms with E-state index in [1.807, 2.05) is 17.7 Å². The molecular weight excluding hydrogens is 424 g/mol. The van der Waals surface area contributed by atoms with E-state index in [2.05, 4.69) is 15.3 Å². The first-order chi connectivity index (χ1) is 14.7. The third-order valence-electron chi connectivity index (χ3n) is 4.71. The van der Waals surface area contributed by atoms with E-state index in [0.29, 0.717) is 22.5 Å². The van der Waals surface area contributed by atoms with Crippen LogP contribution in [0.2, 0.25) is 0 Å². The number of carbonyl (C=O) groups excluding carboxylic acids is 1. The number of nitrogens with one attached hydrogen (secondary N) is 1. The van der Waals surface area contributed by atoms with E-state index < -0.39 is 23.9 Å². The van der Waals surface area contributed by atoms with E-state index in [0.717, 1.165) is 4.88 Å². The van der Waals surface area contributed by atoms with E-state index in [1.165, 1.54) is 11.3 Å². The first-order valence-electron chi connectivity index (χ1n) is 9.38. The Hall–Kier alpha value is -3.67. The number of amides is 1. The minimum absolute atomic E-state index is 0.0152. The summed E-state index contributed by atoms with van der Waals surface area (Å²) in [6, 6.07) is 3.95. The lowest BCUT2D eigenvalue weighted by atomic mass is 10.1. The number of rotatable bonds is 9. The van der Waals surface area contributed by atoms with Crippen LogP contribution in [0, 0.1) is 0 Å². The van der Waals surface area contributed by atoms with E-state index in [1.54, 1.807) is 18.2 Å². The maximum absolute atomic E-state index is 12.4. The van der Waals surface area contributed by atoms with Crippen molar-refractivity contribution in [2.45, 2.75) is 38.3 Å². The van der Waals surface area contributed by atoms with Gasteiger partial charge in [-0.05, 0) is 24.6 Å². The molecule has 2 atom stereocenters. The lowest BCUT2D eigenvalue weighted by Gasteiger charge is -2.13. The van der Waals surface area contributed by atoms with E-state index in [-0.39, 0.29) is 30.5 Å². The lowest BCUT2D eigenvalue weighted by molar-refractivity contribution is -0.140. The first-order valence-corrected chi connectivity index (χ1v) is 10.2. The van der Waals surface area contributed by atoms with Gasteiger partial charge < -0.3 is 31.6 Å². The van der Waals surface area contributed by atoms with Gasteiger partial charge in [0.1, 0.15) is 11.6 Å². The first kappa shape index (κ1) is 22.0. The second-order valence-electron chi connectivity index (χ2n) is 7.07. The summed E-state index contributed by atoms with van der Waals surface area (Å²) < 4.78 is 1.92. The van der Waals surface area contributed by atoms with Crippen LogP contribution in [-0.2, 0) is 16.1 Å². The van der Waals surface area contributed by atoms with Crippen molar-refractivity contribution in [2.75, 3.05) is 11.5 Å². The highest BCUT2D eigenvalue weighted by Gasteiger charge is 2.23. The molecule has 0 aliphatic rings. The second-order valence-corrected chi connectivity index (χ2v) is 8.18. The molecule has 12 heteroatoms. The van der Waals surface area contributed by atoms with Crippen LogP contribution in [0.1, 0.15) is 40.2 Å². The highest BCUT2D eigenvalue weighted by molar-refractivity contribution is 7.14. The molecule has 11 nitrogen and oxygen atoms in total. The quantitative estimate of drug-likeness (QED) is 0.325. The van der Waals surface area contributed by atoms with Crippen molar-refractivity contribution in [2.24, 2.45) is 0 Å². The van der Waals surface area contributed by atoms with Gasteiger partial charge in [0.05, 0.1) is 10.4 Å². The molecular formula is C19H22N6O5S. The van der Waals surface area contributed by atoms with Crippen molar-refractivity contribution in [1.29, 1.82) is 0 Å². The summed E-state index contributed by atoms with van der Waals surface area (Å²) in [7, 11) is 0. The number of carbonyl (C=O) groups is 3. The Balaban J connectivity index is 1.70. The number of hydrogen-bond donors (Lipinski definition) is 5. The summed E-state index contributed by atoms with van der Waals surface area (Å²) in [5.41, 5.74) is 12.9. The van der Waals surface area contributed by atoms with Gasteiger partial charge in [0.25, 0.3) is 5.91 Å². The molecule has 3 aromatic heterocycles. The molecule has 0 aliphatic heterocycles. The number of anilines is 2. The summed E-state index contributed by atoms with van der Waals surface area (Å²) in [6.07, 6.45) is 1.29. The van der Waals surface area contributed by atoms with Gasteiger partial charge in [0.15, 0.2) is 5.82 Å². The molecule has 3 aromatic rings. The molecule has 0 radical (unpaired) electrons. The molecule has 164 valence electrons. The fourth-order valence-corrected chi connectivity index (χ4v) is 4.14. The average Bonchev–Trinajstić information content (AvgIpc) is 3.32. The van der Waals surface area contributed by atoms with E-state index in [4.69, 9.17) is 16.6 Å². The number of nitrogen functional groups attached to an aromatic ring is 2. The smallest absolute Gasteiger partial charge is 0.326 e. The maximum atomic E-state index is 12.4. The Morgan fingerprint density at radius 2 is 1.94 bits per heavy atom. The molecule has 31 heavy (non-hydrogen) atoms. The molecule has 3 rings (SSSR count).